The molecule has 0 spiro atoms. The van der Waals surface area contributed by atoms with Crippen molar-refractivity contribution in [2.24, 2.45) is 0 Å². The molecule has 1 aromatic heterocycles. The SMILES string of the molecule is Cc1cnn(CC2CCCN2C(=O)CCOCC(F)(F)F)c1. The van der Waals surface area contributed by atoms with Crippen molar-refractivity contribution >= 4 is 5.91 Å². The van der Waals surface area contributed by atoms with Crippen molar-refractivity contribution in [3.05, 3.63) is 18.0 Å². The summed E-state index contributed by atoms with van der Waals surface area (Å²) in [4.78, 5) is 13.8. The Balaban J connectivity index is 1.78. The zero-order valence-electron chi connectivity index (χ0n) is 12.5. The second-order valence-electron chi connectivity index (χ2n) is 5.54. The van der Waals surface area contributed by atoms with Crippen LogP contribution in [0.5, 0.6) is 0 Å². The fourth-order valence-electron chi connectivity index (χ4n) is 2.63. The van der Waals surface area contributed by atoms with E-state index in [0.717, 1.165) is 18.4 Å². The molecule has 0 bridgehead atoms. The number of likely N-dealkylation sites (tertiary alicyclic amines) is 1. The van der Waals surface area contributed by atoms with Crippen LogP contribution < -0.4 is 0 Å². The summed E-state index contributed by atoms with van der Waals surface area (Å²) >= 11 is 0. The Kier molecular flexibility index (Phi) is 5.44. The first kappa shape index (κ1) is 16.8. The summed E-state index contributed by atoms with van der Waals surface area (Å²) in [6.45, 7) is 1.68. The zero-order valence-corrected chi connectivity index (χ0v) is 12.5. The maximum absolute atomic E-state index is 12.1. The molecular formula is C14H20F3N3O2. The Morgan fingerprint density at radius 1 is 1.50 bits per heavy atom. The number of nitrogens with zero attached hydrogens (tertiary/aromatic N) is 3. The third-order valence-corrected chi connectivity index (χ3v) is 3.58. The van der Waals surface area contributed by atoms with Crippen LogP contribution in [0.15, 0.2) is 12.4 Å². The fourth-order valence-corrected chi connectivity index (χ4v) is 2.63. The van der Waals surface area contributed by atoms with Crippen LogP contribution in [-0.4, -0.2) is 52.6 Å². The van der Waals surface area contributed by atoms with Gasteiger partial charge in [0.15, 0.2) is 0 Å². The molecule has 1 aromatic rings. The van der Waals surface area contributed by atoms with Crippen molar-refractivity contribution in [2.45, 2.75) is 44.9 Å². The van der Waals surface area contributed by atoms with Gasteiger partial charge in [-0.1, -0.05) is 0 Å². The molecule has 0 aromatic carbocycles. The minimum absolute atomic E-state index is 0.0231. The third kappa shape index (κ3) is 5.01. The normalized spacial score (nSPS) is 18.9. The lowest BCUT2D eigenvalue weighted by Crippen LogP contribution is -2.38. The molecule has 2 heterocycles. The average Bonchev–Trinajstić information content (AvgIpc) is 3.03. The van der Waals surface area contributed by atoms with E-state index in [1.807, 2.05) is 13.1 Å². The van der Waals surface area contributed by atoms with Crippen LogP contribution in [-0.2, 0) is 16.1 Å². The molecule has 2 rings (SSSR count). The smallest absolute Gasteiger partial charge is 0.372 e. The van der Waals surface area contributed by atoms with Gasteiger partial charge in [-0.3, -0.25) is 9.48 Å². The Hall–Kier alpha value is -1.57. The number of carbonyl (C=O) groups excluding carboxylic acids is 1. The van der Waals surface area contributed by atoms with Gasteiger partial charge in [-0.05, 0) is 25.3 Å². The molecule has 1 aliphatic rings. The minimum atomic E-state index is -4.35. The van der Waals surface area contributed by atoms with Crippen LogP contribution in [0.25, 0.3) is 0 Å². The molecule has 0 aliphatic carbocycles. The zero-order chi connectivity index (χ0) is 16.2. The summed E-state index contributed by atoms with van der Waals surface area (Å²) in [5, 5.41) is 4.20. The molecule has 0 saturated carbocycles. The summed E-state index contributed by atoms with van der Waals surface area (Å²) in [5.74, 6) is -0.159. The van der Waals surface area contributed by atoms with Gasteiger partial charge in [-0.25, -0.2) is 0 Å². The predicted molar refractivity (Wildman–Crippen MR) is 73.2 cm³/mol. The highest BCUT2D eigenvalue weighted by molar-refractivity contribution is 5.76. The number of aromatic nitrogens is 2. The lowest BCUT2D eigenvalue weighted by atomic mass is 10.2. The van der Waals surface area contributed by atoms with Gasteiger partial charge in [-0.15, -0.1) is 0 Å². The molecule has 1 atom stereocenters. The van der Waals surface area contributed by atoms with Crippen molar-refractivity contribution < 1.29 is 22.7 Å². The van der Waals surface area contributed by atoms with Gasteiger partial charge in [0.25, 0.3) is 0 Å². The monoisotopic (exact) mass is 319 g/mol. The highest BCUT2D eigenvalue weighted by Gasteiger charge is 2.30. The standard InChI is InChI=1S/C14H20F3N3O2/c1-11-7-18-19(8-11)9-12-3-2-5-20(12)13(21)4-6-22-10-14(15,16)17/h7-8,12H,2-6,9-10H2,1H3. The summed E-state index contributed by atoms with van der Waals surface area (Å²) < 4.78 is 42.2. The third-order valence-electron chi connectivity index (χ3n) is 3.58. The molecule has 1 amide bonds. The van der Waals surface area contributed by atoms with E-state index >= 15 is 0 Å². The summed E-state index contributed by atoms with van der Waals surface area (Å²) in [7, 11) is 0. The molecular weight excluding hydrogens is 299 g/mol. The molecule has 5 nitrogen and oxygen atoms in total. The molecule has 1 saturated heterocycles. The number of rotatable bonds is 6. The predicted octanol–water partition coefficient (Wildman–Crippen LogP) is 2.15. The van der Waals surface area contributed by atoms with Crippen LogP contribution in [0.3, 0.4) is 0 Å². The van der Waals surface area contributed by atoms with Crippen molar-refractivity contribution in [3.63, 3.8) is 0 Å². The van der Waals surface area contributed by atoms with Gasteiger partial charge in [0.2, 0.25) is 5.91 Å². The van der Waals surface area contributed by atoms with Gasteiger partial charge in [-0.2, -0.15) is 18.3 Å². The first-order valence-corrected chi connectivity index (χ1v) is 7.28. The van der Waals surface area contributed by atoms with E-state index in [9.17, 15) is 18.0 Å². The highest BCUT2D eigenvalue weighted by atomic mass is 19.4. The van der Waals surface area contributed by atoms with E-state index in [1.54, 1.807) is 15.8 Å². The molecule has 1 unspecified atom stereocenters. The van der Waals surface area contributed by atoms with Crippen LogP contribution >= 0.6 is 0 Å². The molecule has 22 heavy (non-hydrogen) atoms. The topological polar surface area (TPSA) is 47.4 Å². The largest absolute Gasteiger partial charge is 0.411 e. The first-order valence-electron chi connectivity index (χ1n) is 7.28. The Morgan fingerprint density at radius 2 is 2.27 bits per heavy atom. The molecule has 1 fully saturated rings. The quantitative estimate of drug-likeness (QED) is 0.755. The maximum Gasteiger partial charge on any atom is 0.411 e. The second kappa shape index (κ2) is 7.13. The van der Waals surface area contributed by atoms with Crippen molar-refractivity contribution in [1.29, 1.82) is 0 Å². The second-order valence-corrected chi connectivity index (χ2v) is 5.54. The number of carbonyl (C=O) groups is 1. The van der Waals surface area contributed by atoms with Gasteiger partial charge in [0.1, 0.15) is 6.61 Å². The number of hydrogen-bond acceptors (Lipinski definition) is 3. The Morgan fingerprint density at radius 3 is 2.91 bits per heavy atom. The molecule has 0 radical (unpaired) electrons. The summed E-state index contributed by atoms with van der Waals surface area (Å²) in [5.41, 5.74) is 1.05. The van der Waals surface area contributed by atoms with Gasteiger partial charge < -0.3 is 9.64 Å². The van der Waals surface area contributed by atoms with Gasteiger partial charge in [0.05, 0.1) is 31.8 Å². The lowest BCUT2D eigenvalue weighted by molar-refractivity contribution is -0.175. The summed E-state index contributed by atoms with van der Waals surface area (Å²) in [6.07, 6.45) is 1.08. The summed E-state index contributed by atoms with van der Waals surface area (Å²) in [6, 6.07) is 0.0504. The van der Waals surface area contributed by atoms with Crippen LogP contribution in [0.4, 0.5) is 13.2 Å². The van der Waals surface area contributed by atoms with E-state index in [2.05, 4.69) is 9.84 Å². The minimum Gasteiger partial charge on any atom is -0.372 e. The Bertz CT molecular complexity index is 502. The maximum atomic E-state index is 12.1. The molecule has 0 N–H and O–H groups in total. The van der Waals surface area contributed by atoms with Crippen LogP contribution in [0, 0.1) is 6.92 Å². The van der Waals surface area contributed by atoms with E-state index < -0.39 is 12.8 Å². The Labute approximate surface area is 127 Å². The van der Waals surface area contributed by atoms with E-state index in [-0.39, 0.29) is 25.0 Å². The number of amides is 1. The first-order chi connectivity index (χ1) is 10.3. The van der Waals surface area contributed by atoms with Gasteiger partial charge >= 0.3 is 6.18 Å². The van der Waals surface area contributed by atoms with Crippen LogP contribution in [0.2, 0.25) is 0 Å². The van der Waals surface area contributed by atoms with Crippen molar-refractivity contribution in [3.8, 4) is 0 Å². The van der Waals surface area contributed by atoms with Gasteiger partial charge in [0, 0.05) is 12.7 Å². The van der Waals surface area contributed by atoms with Crippen LogP contribution in [0.1, 0.15) is 24.8 Å². The molecule has 124 valence electrons. The average molecular weight is 319 g/mol. The number of alkyl halides is 3. The highest BCUT2D eigenvalue weighted by Crippen LogP contribution is 2.20. The number of aryl methyl sites for hydroxylation is 1. The molecule has 1 aliphatic heterocycles. The number of hydrogen-bond donors (Lipinski definition) is 0. The van der Waals surface area contributed by atoms with E-state index in [0.29, 0.717) is 13.1 Å². The number of ether oxygens (including phenoxy) is 1. The molecule has 8 heteroatoms. The van der Waals surface area contributed by atoms with Crippen molar-refractivity contribution in [2.75, 3.05) is 19.8 Å². The van der Waals surface area contributed by atoms with E-state index in [1.165, 1.54) is 0 Å². The lowest BCUT2D eigenvalue weighted by Gasteiger charge is -2.24. The van der Waals surface area contributed by atoms with Crippen molar-refractivity contribution in [1.82, 2.24) is 14.7 Å². The number of halogens is 3. The fraction of sp³-hybridized carbons (Fsp3) is 0.714. The van der Waals surface area contributed by atoms with E-state index in [4.69, 9.17) is 0 Å².